The molecule has 0 saturated heterocycles. The Morgan fingerprint density at radius 3 is 2.92 bits per heavy atom. The molecule has 1 aromatic carbocycles. The van der Waals surface area contributed by atoms with E-state index in [9.17, 15) is 4.79 Å². The van der Waals surface area contributed by atoms with Gasteiger partial charge >= 0.3 is 5.97 Å². The van der Waals surface area contributed by atoms with Crippen LogP contribution in [0.5, 0.6) is 0 Å². The van der Waals surface area contributed by atoms with Crippen LogP contribution in [-0.4, -0.2) is 22.6 Å². The molecule has 0 bridgehead atoms. The summed E-state index contributed by atoms with van der Waals surface area (Å²) in [4.78, 5) is 16.8. The van der Waals surface area contributed by atoms with E-state index in [1.165, 1.54) is 7.11 Å². The normalized spacial score (nSPS) is 11.2. The van der Waals surface area contributed by atoms with Gasteiger partial charge in [-0.2, -0.15) is 0 Å². The van der Waals surface area contributed by atoms with Crippen LogP contribution in [0, 0.1) is 6.92 Å². The number of aromatic nitrogens is 2. The first-order valence-electron chi connectivity index (χ1n) is 7.94. The number of rotatable bonds is 4. The molecule has 132 valence electrons. The van der Waals surface area contributed by atoms with Crippen LogP contribution in [-0.2, 0) is 11.3 Å². The van der Waals surface area contributed by atoms with Gasteiger partial charge in [0.15, 0.2) is 0 Å². The van der Waals surface area contributed by atoms with Gasteiger partial charge in [-0.15, -0.1) is 11.3 Å². The van der Waals surface area contributed by atoms with E-state index < -0.39 is 0 Å². The van der Waals surface area contributed by atoms with Gasteiger partial charge < -0.3 is 13.7 Å². The van der Waals surface area contributed by atoms with Gasteiger partial charge in [-0.05, 0) is 36.6 Å². The molecule has 0 radical (unpaired) electrons. The first-order chi connectivity index (χ1) is 12.6. The average molecular weight is 387 g/mol. The zero-order valence-electron chi connectivity index (χ0n) is 14.2. The minimum Gasteiger partial charge on any atom is -0.464 e. The zero-order valence-corrected chi connectivity index (χ0v) is 15.7. The highest BCUT2D eigenvalue weighted by Crippen LogP contribution is 2.30. The number of hydrogen-bond acceptors (Lipinski definition) is 5. The molecular formula is C19H15ClN2O3S. The lowest BCUT2D eigenvalue weighted by Gasteiger charge is -2.07. The van der Waals surface area contributed by atoms with Crippen molar-refractivity contribution >= 4 is 39.1 Å². The van der Waals surface area contributed by atoms with Gasteiger partial charge in [0.1, 0.15) is 17.1 Å². The van der Waals surface area contributed by atoms with Gasteiger partial charge in [0.05, 0.1) is 34.5 Å². The van der Waals surface area contributed by atoms with Crippen molar-refractivity contribution < 1.29 is 13.9 Å². The Bertz CT molecular complexity index is 1110. The van der Waals surface area contributed by atoms with Gasteiger partial charge in [0.25, 0.3) is 0 Å². The molecule has 0 aliphatic heterocycles. The largest absolute Gasteiger partial charge is 0.464 e. The predicted octanol–water partition coefficient (Wildman–Crippen LogP) is 5.15. The number of benzene rings is 1. The van der Waals surface area contributed by atoms with E-state index in [0.717, 1.165) is 21.5 Å². The number of oxazole rings is 1. The second kappa shape index (κ2) is 6.63. The van der Waals surface area contributed by atoms with Crippen LogP contribution in [0.3, 0.4) is 0 Å². The molecule has 4 rings (SSSR count). The van der Waals surface area contributed by atoms with Crippen LogP contribution >= 0.6 is 22.9 Å². The number of thiophene rings is 1. The summed E-state index contributed by atoms with van der Waals surface area (Å²) >= 11 is 7.83. The van der Waals surface area contributed by atoms with Crippen LogP contribution < -0.4 is 0 Å². The third-order valence-corrected chi connectivity index (χ3v) is 5.40. The molecule has 0 amide bonds. The fourth-order valence-electron chi connectivity index (χ4n) is 2.90. The lowest BCUT2D eigenvalue weighted by Crippen LogP contribution is -2.12. The highest BCUT2D eigenvalue weighted by atomic mass is 35.5. The van der Waals surface area contributed by atoms with Crippen molar-refractivity contribution in [2.24, 2.45) is 0 Å². The lowest BCUT2D eigenvalue weighted by atomic mass is 10.2. The number of fused-ring (bicyclic) bond motifs is 1. The van der Waals surface area contributed by atoms with Crippen LogP contribution in [0.4, 0.5) is 0 Å². The maximum Gasteiger partial charge on any atom is 0.354 e. The Hall–Kier alpha value is -2.57. The van der Waals surface area contributed by atoms with E-state index in [2.05, 4.69) is 4.98 Å². The van der Waals surface area contributed by atoms with Crippen molar-refractivity contribution in [1.82, 2.24) is 9.55 Å². The van der Waals surface area contributed by atoms with Gasteiger partial charge in [-0.25, -0.2) is 9.78 Å². The third-order valence-electron chi connectivity index (χ3n) is 4.22. The summed E-state index contributed by atoms with van der Waals surface area (Å²) < 4.78 is 13.7. The highest BCUT2D eigenvalue weighted by Gasteiger charge is 2.20. The van der Waals surface area contributed by atoms with Crippen LogP contribution in [0.25, 0.3) is 21.7 Å². The maximum atomic E-state index is 12.1. The van der Waals surface area contributed by atoms with Crippen molar-refractivity contribution in [3.8, 4) is 11.5 Å². The maximum absolute atomic E-state index is 12.1. The summed E-state index contributed by atoms with van der Waals surface area (Å²) in [5.74, 6) is 0.783. The van der Waals surface area contributed by atoms with Crippen molar-refractivity contribution in [2.75, 3.05) is 7.11 Å². The highest BCUT2D eigenvalue weighted by molar-refractivity contribution is 7.17. The molecule has 5 nitrogen and oxygen atoms in total. The smallest absolute Gasteiger partial charge is 0.354 e. The minimum atomic E-state index is -0.374. The summed E-state index contributed by atoms with van der Waals surface area (Å²) in [5.41, 5.74) is 2.95. The standard InChI is InChI=1S/C19H15ClN2O3S/c1-11-14(21-18(25-11)12-5-3-4-6-13(12)20)10-22-15-7-8-26-17(15)9-16(22)19(23)24-2/h3-9H,10H2,1-2H3. The van der Waals surface area contributed by atoms with Gasteiger partial charge in [0, 0.05) is 0 Å². The summed E-state index contributed by atoms with van der Waals surface area (Å²) in [5, 5.41) is 2.57. The number of hydrogen-bond donors (Lipinski definition) is 0. The number of carbonyl (C=O) groups is 1. The summed E-state index contributed by atoms with van der Waals surface area (Å²) in [6.07, 6.45) is 0. The Balaban J connectivity index is 1.77. The lowest BCUT2D eigenvalue weighted by molar-refractivity contribution is 0.0589. The number of methoxy groups -OCH3 is 1. The molecule has 0 fully saturated rings. The van der Waals surface area contributed by atoms with E-state index in [1.54, 1.807) is 17.4 Å². The number of esters is 1. The minimum absolute atomic E-state index is 0.374. The Labute approximate surface area is 158 Å². The van der Waals surface area contributed by atoms with E-state index in [1.807, 2.05) is 47.2 Å². The first-order valence-corrected chi connectivity index (χ1v) is 9.20. The summed E-state index contributed by atoms with van der Waals surface area (Å²) in [6, 6.07) is 11.2. The van der Waals surface area contributed by atoms with E-state index in [0.29, 0.717) is 28.9 Å². The fourth-order valence-corrected chi connectivity index (χ4v) is 3.93. The van der Waals surface area contributed by atoms with E-state index in [-0.39, 0.29) is 5.97 Å². The monoisotopic (exact) mass is 386 g/mol. The molecular weight excluding hydrogens is 372 g/mol. The molecule has 0 aliphatic carbocycles. The first kappa shape index (κ1) is 16.9. The molecule has 0 atom stereocenters. The Kier molecular flexibility index (Phi) is 4.30. The van der Waals surface area contributed by atoms with Gasteiger partial charge in [-0.3, -0.25) is 0 Å². The second-order valence-corrected chi connectivity index (χ2v) is 7.13. The molecule has 0 unspecified atom stereocenters. The van der Waals surface area contributed by atoms with Crippen molar-refractivity contribution in [3.63, 3.8) is 0 Å². The van der Waals surface area contributed by atoms with Crippen LogP contribution in [0.2, 0.25) is 5.02 Å². The predicted molar refractivity (Wildman–Crippen MR) is 102 cm³/mol. The van der Waals surface area contributed by atoms with Crippen molar-refractivity contribution in [3.05, 3.63) is 63.9 Å². The Morgan fingerprint density at radius 1 is 1.35 bits per heavy atom. The Morgan fingerprint density at radius 2 is 2.15 bits per heavy atom. The number of halogens is 1. The molecule has 3 heterocycles. The third kappa shape index (κ3) is 2.81. The molecule has 0 aliphatic rings. The quantitative estimate of drug-likeness (QED) is 0.455. The molecule has 0 N–H and O–H groups in total. The topological polar surface area (TPSA) is 57.3 Å². The number of aryl methyl sites for hydroxylation is 1. The number of carbonyl (C=O) groups excluding carboxylic acids is 1. The molecule has 7 heteroatoms. The molecule has 0 spiro atoms. The summed E-state index contributed by atoms with van der Waals surface area (Å²) in [7, 11) is 1.38. The molecule has 4 aromatic rings. The van der Waals surface area contributed by atoms with Crippen molar-refractivity contribution in [1.29, 1.82) is 0 Å². The van der Waals surface area contributed by atoms with Gasteiger partial charge in [-0.1, -0.05) is 23.7 Å². The van der Waals surface area contributed by atoms with Crippen LogP contribution in [0.1, 0.15) is 21.9 Å². The molecule has 0 saturated carbocycles. The zero-order chi connectivity index (χ0) is 18.3. The van der Waals surface area contributed by atoms with E-state index >= 15 is 0 Å². The van der Waals surface area contributed by atoms with E-state index in [4.69, 9.17) is 20.8 Å². The molecule has 26 heavy (non-hydrogen) atoms. The fraction of sp³-hybridized carbons (Fsp3) is 0.158. The average Bonchev–Trinajstić information content (AvgIpc) is 3.31. The molecule has 3 aromatic heterocycles. The van der Waals surface area contributed by atoms with Crippen LogP contribution in [0.15, 0.2) is 46.2 Å². The second-order valence-electron chi connectivity index (χ2n) is 5.78. The number of nitrogens with zero attached hydrogens (tertiary/aromatic N) is 2. The van der Waals surface area contributed by atoms with Gasteiger partial charge in [0.2, 0.25) is 5.89 Å². The number of ether oxygens (including phenoxy) is 1. The van der Waals surface area contributed by atoms with Crippen molar-refractivity contribution in [2.45, 2.75) is 13.5 Å². The SMILES string of the molecule is COC(=O)c1cc2sccc2n1Cc1nc(-c2ccccc2Cl)oc1C. The summed E-state index contributed by atoms with van der Waals surface area (Å²) in [6.45, 7) is 2.26.